The first kappa shape index (κ1) is 17.8. The molecule has 0 bridgehead atoms. The molecule has 1 aliphatic rings. The number of aromatic nitrogens is 2. The van der Waals surface area contributed by atoms with Crippen molar-refractivity contribution in [2.45, 2.75) is 12.8 Å². The van der Waals surface area contributed by atoms with Crippen LogP contribution in [0.1, 0.15) is 6.42 Å². The summed E-state index contributed by atoms with van der Waals surface area (Å²) in [5, 5.41) is 6.64. The fourth-order valence-corrected chi connectivity index (χ4v) is 2.69. The molecule has 1 unspecified atom stereocenters. The van der Waals surface area contributed by atoms with Gasteiger partial charge in [-0.3, -0.25) is 14.3 Å². The monoisotopic (exact) mass is 368 g/mol. The van der Waals surface area contributed by atoms with Crippen LogP contribution in [0.2, 0.25) is 0 Å². The maximum Gasteiger partial charge on any atom is 0.573 e. The molecule has 1 aromatic heterocycles. The van der Waals surface area contributed by atoms with Gasteiger partial charge in [0.25, 0.3) is 0 Å². The van der Waals surface area contributed by atoms with Crippen LogP contribution in [0.5, 0.6) is 5.75 Å². The average molecular weight is 368 g/mol. The first-order valence-corrected chi connectivity index (χ1v) is 7.68. The number of aryl methyl sites for hydroxylation is 1. The van der Waals surface area contributed by atoms with Gasteiger partial charge in [0, 0.05) is 44.0 Å². The lowest BCUT2D eigenvalue weighted by Gasteiger charge is -2.18. The third kappa shape index (κ3) is 4.13. The van der Waals surface area contributed by atoms with Crippen LogP contribution >= 0.6 is 0 Å². The van der Waals surface area contributed by atoms with Crippen LogP contribution in [0.3, 0.4) is 0 Å². The molecule has 26 heavy (non-hydrogen) atoms. The lowest BCUT2D eigenvalue weighted by atomic mass is 10.1. The number of rotatable bonds is 4. The van der Waals surface area contributed by atoms with E-state index in [1.54, 1.807) is 19.3 Å². The smallest absolute Gasteiger partial charge is 0.406 e. The molecule has 7 nitrogen and oxygen atoms in total. The second kappa shape index (κ2) is 6.70. The van der Waals surface area contributed by atoms with Crippen molar-refractivity contribution >= 4 is 23.3 Å². The van der Waals surface area contributed by atoms with Gasteiger partial charge in [0.15, 0.2) is 5.82 Å². The fraction of sp³-hybridized carbons (Fsp3) is 0.312. The van der Waals surface area contributed by atoms with Gasteiger partial charge in [-0.25, -0.2) is 0 Å². The number of nitrogens with zero attached hydrogens (tertiary/aromatic N) is 3. The van der Waals surface area contributed by atoms with Gasteiger partial charge in [-0.2, -0.15) is 5.10 Å². The standard InChI is InChI=1S/C16H15F3N4O3/c1-22-6-5-13(21-22)20-15(25)10-7-14(24)23(9-10)11-3-2-4-12(8-11)26-16(17,18)19/h2-6,8,10H,7,9H2,1H3,(H,20,21,25). The molecule has 2 aromatic rings. The van der Waals surface area contributed by atoms with Crippen molar-refractivity contribution in [3.63, 3.8) is 0 Å². The highest BCUT2D eigenvalue weighted by Crippen LogP contribution is 2.30. The number of hydrogen-bond acceptors (Lipinski definition) is 4. The topological polar surface area (TPSA) is 76.5 Å². The second-order valence-corrected chi connectivity index (χ2v) is 5.81. The Morgan fingerprint density at radius 1 is 1.35 bits per heavy atom. The van der Waals surface area contributed by atoms with E-state index in [2.05, 4.69) is 15.2 Å². The molecule has 0 aliphatic carbocycles. The molecule has 0 radical (unpaired) electrons. The zero-order valence-electron chi connectivity index (χ0n) is 13.7. The molecule has 3 rings (SSSR count). The number of ether oxygens (including phenoxy) is 1. The van der Waals surface area contributed by atoms with E-state index in [4.69, 9.17) is 0 Å². The molecular weight excluding hydrogens is 353 g/mol. The first-order valence-electron chi connectivity index (χ1n) is 7.68. The highest BCUT2D eigenvalue weighted by atomic mass is 19.4. The summed E-state index contributed by atoms with van der Waals surface area (Å²) in [6.07, 6.45) is -3.20. The van der Waals surface area contributed by atoms with Crippen molar-refractivity contribution in [2.75, 3.05) is 16.8 Å². The van der Waals surface area contributed by atoms with E-state index in [0.717, 1.165) is 12.1 Å². The van der Waals surface area contributed by atoms with Crippen molar-refractivity contribution in [1.29, 1.82) is 0 Å². The molecule has 1 saturated heterocycles. The van der Waals surface area contributed by atoms with E-state index in [-0.39, 0.29) is 30.5 Å². The minimum atomic E-state index is -4.82. The number of carbonyl (C=O) groups is 2. The molecule has 1 atom stereocenters. The number of benzene rings is 1. The molecule has 1 aromatic carbocycles. The Morgan fingerprint density at radius 3 is 2.77 bits per heavy atom. The molecule has 10 heteroatoms. The fourth-order valence-electron chi connectivity index (χ4n) is 2.69. The predicted octanol–water partition coefficient (Wildman–Crippen LogP) is 2.31. The van der Waals surface area contributed by atoms with Crippen LogP contribution in [0.4, 0.5) is 24.7 Å². The Hall–Kier alpha value is -3.04. The largest absolute Gasteiger partial charge is 0.573 e. The van der Waals surface area contributed by atoms with Crippen LogP contribution < -0.4 is 15.0 Å². The summed E-state index contributed by atoms with van der Waals surface area (Å²) >= 11 is 0. The highest BCUT2D eigenvalue weighted by Gasteiger charge is 2.36. The van der Waals surface area contributed by atoms with E-state index in [0.29, 0.717) is 5.82 Å². The lowest BCUT2D eigenvalue weighted by molar-refractivity contribution is -0.274. The van der Waals surface area contributed by atoms with Gasteiger partial charge >= 0.3 is 6.36 Å². The summed E-state index contributed by atoms with van der Waals surface area (Å²) < 4.78 is 42.4. The van der Waals surface area contributed by atoms with Gasteiger partial charge in [-0.15, -0.1) is 13.2 Å². The summed E-state index contributed by atoms with van der Waals surface area (Å²) in [5.41, 5.74) is 0.241. The SMILES string of the molecule is Cn1ccc(NC(=O)C2CC(=O)N(c3cccc(OC(F)(F)F)c3)C2)n1. The quantitative estimate of drug-likeness (QED) is 0.899. The average Bonchev–Trinajstić information content (AvgIpc) is 3.12. The third-order valence-corrected chi connectivity index (χ3v) is 3.82. The molecule has 2 heterocycles. The summed E-state index contributed by atoms with van der Waals surface area (Å²) in [6, 6.07) is 6.71. The normalized spacial score (nSPS) is 17.5. The minimum absolute atomic E-state index is 0.0387. The maximum atomic E-state index is 12.3. The van der Waals surface area contributed by atoms with E-state index < -0.39 is 18.0 Å². The molecule has 0 saturated carbocycles. The van der Waals surface area contributed by atoms with Crippen molar-refractivity contribution in [3.8, 4) is 5.75 Å². The maximum absolute atomic E-state index is 12.3. The molecule has 1 fully saturated rings. The van der Waals surface area contributed by atoms with Gasteiger partial charge in [0.1, 0.15) is 5.75 Å². The van der Waals surface area contributed by atoms with E-state index in [9.17, 15) is 22.8 Å². The lowest BCUT2D eigenvalue weighted by Crippen LogP contribution is -2.28. The van der Waals surface area contributed by atoms with Gasteiger partial charge in [0.2, 0.25) is 11.8 Å². The number of anilines is 2. The molecular formula is C16H15F3N4O3. The molecule has 138 valence electrons. The van der Waals surface area contributed by atoms with E-state index in [1.807, 2.05) is 0 Å². The number of nitrogens with one attached hydrogen (secondary N) is 1. The Labute approximate surface area is 146 Å². The van der Waals surface area contributed by atoms with Crippen LogP contribution in [0, 0.1) is 5.92 Å². The third-order valence-electron chi connectivity index (χ3n) is 3.82. The highest BCUT2D eigenvalue weighted by molar-refractivity contribution is 6.03. The van der Waals surface area contributed by atoms with Crippen molar-refractivity contribution in [3.05, 3.63) is 36.5 Å². The number of amides is 2. The van der Waals surface area contributed by atoms with Gasteiger partial charge < -0.3 is 15.0 Å². The summed E-state index contributed by atoms with van der Waals surface area (Å²) in [6.45, 7) is 0.0625. The van der Waals surface area contributed by atoms with Gasteiger partial charge in [0.05, 0.1) is 5.92 Å². The van der Waals surface area contributed by atoms with Crippen LogP contribution in [-0.2, 0) is 16.6 Å². The molecule has 2 amide bonds. The van der Waals surface area contributed by atoms with Crippen LogP contribution in [0.15, 0.2) is 36.5 Å². The molecule has 0 spiro atoms. The van der Waals surface area contributed by atoms with Crippen molar-refractivity contribution in [2.24, 2.45) is 13.0 Å². The summed E-state index contributed by atoms with van der Waals surface area (Å²) in [5.74, 6) is -1.41. The van der Waals surface area contributed by atoms with Crippen LogP contribution in [-0.4, -0.2) is 34.5 Å². The molecule has 1 N–H and O–H groups in total. The predicted molar refractivity (Wildman–Crippen MR) is 85.4 cm³/mol. The van der Waals surface area contributed by atoms with E-state index in [1.165, 1.54) is 21.7 Å². The minimum Gasteiger partial charge on any atom is -0.406 e. The first-order chi connectivity index (χ1) is 12.2. The Kier molecular flexibility index (Phi) is 4.58. The zero-order valence-corrected chi connectivity index (χ0v) is 13.7. The van der Waals surface area contributed by atoms with Crippen molar-refractivity contribution < 1.29 is 27.5 Å². The Bertz CT molecular complexity index is 834. The van der Waals surface area contributed by atoms with Crippen LogP contribution in [0.25, 0.3) is 0 Å². The summed E-state index contributed by atoms with van der Waals surface area (Å²) in [4.78, 5) is 25.8. The number of hydrogen-bond donors (Lipinski definition) is 1. The zero-order chi connectivity index (χ0) is 18.9. The Balaban J connectivity index is 1.69. The van der Waals surface area contributed by atoms with Gasteiger partial charge in [-0.05, 0) is 12.1 Å². The van der Waals surface area contributed by atoms with Gasteiger partial charge in [-0.1, -0.05) is 6.07 Å². The number of alkyl halides is 3. The van der Waals surface area contributed by atoms with E-state index >= 15 is 0 Å². The second-order valence-electron chi connectivity index (χ2n) is 5.81. The summed E-state index contributed by atoms with van der Waals surface area (Å²) in [7, 11) is 1.70. The van der Waals surface area contributed by atoms with Crippen molar-refractivity contribution in [1.82, 2.24) is 9.78 Å². The Morgan fingerprint density at radius 2 is 2.12 bits per heavy atom. The number of carbonyl (C=O) groups excluding carboxylic acids is 2. The number of halogens is 3. The molecule has 1 aliphatic heterocycles.